The number of amides is 1. The molecule has 0 bridgehead atoms. The molecule has 0 aromatic heterocycles. The number of hydrogen-bond acceptors (Lipinski definition) is 6. The van der Waals surface area contributed by atoms with E-state index in [0.717, 1.165) is 18.2 Å². The number of carbonyl (C=O) groups is 1. The summed E-state index contributed by atoms with van der Waals surface area (Å²) in [6.07, 6.45) is 0.283. The standard InChI is InChI=1S/C7H6N4O5/c12-4-8-9-6-2-1-5(10(13)14)3-7(6)11(15)16/h1-4,9H,(H,8,12). The maximum absolute atomic E-state index is 10.6. The molecule has 0 aliphatic carbocycles. The lowest BCUT2D eigenvalue weighted by atomic mass is 10.2. The van der Waals surface area contributed by atoms with Gasteiger partial charge in [-0.15, -0.1) is 0 Å². The van der Waals surface area contributed by atoms with Crippen LogP contribution in [0.2, 0.25) is 0 Å². The predicted molar refractivity (Wildman–Crippen MR) is 52.6 cm³/mol. The van der Waals surface area contributed by atoms with E-state index in [1.165, 1.54) is 0 Å². The van der Waals surface area contributed by atoms with Crippen molar-refractivity contribution in [3.8, 4) is 0 Å². The first-order valence-electron chi connectivity index (χ1n) is 3.94. The van der Waals surface area contributed by atoms with E-state index in [-0.39, 0.29) is 12.1 Å². The highest BCUT2D eigenvalue weighted by Gasteiger charge is 2.18. The van der Waals surface area contributed by atoms with Gasteiger partial charge in [0.2, 0.25) is 6.41 Å². The number of hydrazine groups is 1. The van der Waals surface area contributed by atoms with Crippen LogP contribution in [0, 0.1) is 20.2 Å². The molecule has 0 unspecified atom stereocenters. The Hall–Kier alpha value is -2.71. The number of benzene rings is 1. The lowest BCUT2D eigenvalue weighted by molar-refractivity contribution is -0.393. The molecular formula is C7H6N4O5. The van der Waals surface area contributed by atoms with Crippen molar-refractivity contribution in [3.63, 3.8) is 0 Å². The van der Waals surface area contributed by atoms with Gasteiger partial charge in [0.15, 0.2) is 0 Å². The van der Waals surface area contributed by atoms with E-state index in [9.17, 15) is 25.0 Å². The molecule has 9 heteroatoms. The van der Waals surface area contributed by atoms with Crippen molar-refractivity contribution >= 4 is 23.5 Å². The van der Waals surface area contributed by atoms with Crippen LogP contribution in [0.15, 0.2) is 18.2 Å². The normalized spacial score (nSPS) is 9.25. The fraction of sp³-hybridized carbons (Fsp3) is 0. The van der Waals surface area contributed by atoms with Crippen molar-refractivity contribution in [2.24, 2.45) is 0 Å². The lowest BCUT2D eigenvalue weighted by Crippen LogP contribution is -2.19. The summed E-state index contributed by atoms with van der Waals surface area (Å²) in [5.74, 6) is 0. The third-order valence-corrected chi connectivity index (χ3v) is 1.65. The molecule has 1 aromatic carbocycles. The van der Waals surface area contributed by atoms with E-state index in [0.29, 0.717) is 0 Å². The second-order valence-corrected chi connectivity index (χ2v) is 2.60. The average Bonchev–Trinajstić information content (AvgIpc) is 2.25. The van der Waals surface area contributed by atoms with Crippen LogP contribution in [0.4, 0.5) is 17.1 Å². The highest BCUT2D eigenvalue weighted by Crippen LogP contribution is 2.28. The minimum Gasteiger partial charge on any atom is -0.292 e. The highest BCUT2D eigenvalue weighted by atomic mass is 16.6. The van der Waals surface area contributed by atoms with E-state index in [1.54, 1.807) is 0 Å². The molecule has 0 radical (unpaired) electrons. The quantitative estimate of drug-likeness (QED) is 0.429. The van der Waals surface area contributed by atoms with Crippen LogP contribution in [-0.4, -0.2) is 16.3 Å². The van der Waals surface area contributed by atoms with E-state index in [1.807, 2.05) is 5.43 Å². The van der Waals surface area contributed by atoms with E-state index in [2.05, 4.69) is 5.43 Å². The minimum absolute atomic E-state index is 0.0392. The summed E-state index contributed by atoms with van der Waals surface area (Å²) in [4.78, 5) is 29.4. The van der Waals surface area contributed by atoms with Gasteiger partial charge in [0.1, 0.15) is 5.69 Å². The van der Waals surface area contributed by atoms with Crippen molar-refractivity contribution < 1.29 is 14.6 Å². The molecule has 0 spiro atoms. The summed E-state index contributed by atoms with van der Waals surface area (Å²) in [7, 11) is 0. The van der Waals surface area contributed by atoms with E-state index in [4.69, 9.17) is 0 Å². The van der Waals surface area contributed by atoms with Crippen LogP contribution >= 0.6 is 0 Å². The Bertz CT molecular complexity index is 446. The molecule has 1 aromatic rings. The molecule has 0 heterocycles. The maximum atomic E-state index is 10.6. The van der Waals surface area contributed by atoms with Crippen LogP contribution < -0.4 is 10.9 Å². The first kappa shape index (κ1) is 11.4. The molecule has 0 aliphatic heterocycles. The summed E-state index contributed by atoms with van der Waals surface area (Å²) in [5.41, 5.74) is 3.30. The van der Waals surface area contributed by atoms with E-state index >= 15 is 0 Å². The van der Waals surface area contributed by atoms with Crippen molar-refractivity contribution in [1.29, 1.82) is 0 Å². The number of non-ortho nitro benzene ring substituents is 1. The minimum atomic E-state index is -0.790. The van der Waals surface area contributed by atoms with Gasteiger partial charge >= 0.3 is 5.69 Å². The van der Waals surface area contributed by atoms with Gasteiger partial charge in [-0.3, -0.25) is 35.9 Å². The third-order valence-electron chi connectivity index (χ3n) is 1.65. The molecule has 0 aliphatic rings. The Morgan fingerprint density at radius 3 is 2.38 bits per heavy atom. The summed E-state index contributed by atoms with van der Waals surface area (Å²) in [6, 6.07) is 3.02. The summed E-state index contributed by atoms with van der Waals surface area (Å²) < 4.78 is 0. The van der Waals surface area contributed by atoms with Gasteiger partial charge in [0.05, 0.1) is 15.9 Å². The number of nitro groups is 2. The first-order valence-corrected chi connectivity index (χ1v) is 3.94. The van der Waals surface area contributed by atoms with Crippen LogP contribution in [0.25, 0.3) is 0 Å². The number of nitrogens with zero attached hydrogens (tertiary/aromatic N) is 2. The van der Waals surface area contributed by atoms with Crippen molar-refractivity contribution in [3.05, 3.63) is 38.4 Å². The van der Waals surface area contributed by atoms with Gasteiger partial charge in [-0.25, -0.2) is 0 Å². The smallest absolute Gasteiger partial charge is 0.292 e. The monoisotopic (exact) mass is 226 g/mol. The summed E-state index contributed by atoms with van der Waals surface area (Å²) >= 11 is 0. The van der Waals surface area contributed by atoms with Gasteiger partial charge in [0, 0.05) is 6.07 Å². The summed E-state index contributed by atoms with van der Waals surface area (Å²) in [5, 5.41) is 21.0. The highest BCUT2D eigenvalue weighted by molar-refractivity contribution is 5.66. The number of nitro benzene ring substituents is 2. The second-order valence-electron chi connectivity index (χ2n) is 2.60. The van der Waals surface area contributed by atoms with Crippen molar-refractivity contribution in [2.45, 2.75) is 0 Å². The number of rotatable bonds is 5. The molecule has 0 saturated heterocycles. The van der Waals surface area contributed by atoms with Crippen molar-refractivity contribution in [1.82, 2.24) is 5.43 Å². The van der Waals surface area contributed by atoms with E-state index < -0.39 is 21.2 Å². The van der Waals surface area contributed by atoms with Gasteiger partial charge in [0.25, 0.3) is 5.69 Å². The Labute approximate surface area is 88.3 Å². The van der Waals surface area contributed by atoms with Gasteiger partial charge in [-0.05, 0) is 6.07 Å². The average molecular weight is 226 g/mol. The molecule has 16 heavy (non-hydrogen) atoms. The number of hydrogen-bond donors (Lipinski definition) is 2. The Morgan fingerprint density at radius 1 is 1.19 bits per heavy atom. The molecule has 0 saturated carbocycles. The zero-order valence-corrected chi connectivity index (χ0v) is 7.75. The molecule has 84 valence electrons. The Morgan fingerprint density at radius 2 is 1.88 bits per heavy atom. The Balaban J connectivity index is 3.13. The largest absolute Gasteiger partial charge is 0.300 e. The van der Waals surface area contributed by atoms with Gasteiger partial charge in [-0.1, -0.05) is 0 Å². The SMILES string of the molecule is O=CNNc1ccc([N+](=O)[O-])cc1[N+](=O)[O-]. The number of carbonyl (C=O) groups excluding carboxylic acids is 1. The lowest BCUT2D eigenvalue weighted by Gasteiger charge is -2.04. The zero-order chi connectivity index (χ0) is 12.1. The Kier molecular flexibility index (Phi) is 3.33. The fourth-order valence-corrected chi connectivity index (χ4v) is 0.998. The first-order chi connectivity index (χ1) is 7.56. The predicted octanol–water partition coefficient (Wildman–Crippen LogP) is 0.576. The number of nitrogens with one attached hydrogen (secondary N) is 2. The molecule has 1 rings (SSSR count). The second kappa shape index (κ2) is 4.68. The summed E-state index contributed by atoms with van der Waals surface area (Å²) in [6.45, 7) is 0. The maximum Gasteiger partial charge on any atom is 0.300 e. The van der Waals surface area contributed by atoms with Crippen LogP contribution in [0.3, 0.4) is 0 Å². The van der Waals surface area contributed by atoms with Crippen LogP contribution in [0.5, 0.6) is 0 Å². The topological polar surface area (TPSA) is 127 Å². The molecule has 0 atom stereocenters. The molecular weight excluding hydrogens is 220 g/mol. The fourth-order valence-electron chi connectivity index (χ4n) is 0.998. The van der Waals surface area contributed by atoms with Gasteiger partial charge < -0.3 is 0 Å². The molecule has 1 amide bonds. The van der Waals surface area contributed by atoms with Crippen LogP contribution in [0.1, 0.15) is 0 Å². The van der Waals surface area contributed by atoms with Gasteiger partial charge in [-0.2, -0.15) is 0 Å². The molecule has 2 N–H and O–H groups in total. The molecule has 0 fully saturated rings. The zero-order valence-electron chi connectivity index (χ0n) is 7.75. The number of anilines is 1. The molecule has 9 nitrogen and oxygen atoms in total. The van der Waals surface area contributed by atoms with Crippen molar-refractivity contribution in [2.75, 3.05) is 5.43 Å². The van der Waals surface area contributed by atoms with Crippen LogP contribution in [-0.2, 0) is 4.79 Å². The third kappa shape index (κ3) is 2.41.